The van der Waals surface area contributed by atoms with Crippen LogP contribution in [-0.4, -0.2) is 33.8 Å². The maximum absolute atomic E-state index is 12.9. The fraction of sp³-hybridized carbons (Fsp3) is 0.345. The van der Waals surface area contributed by atoms with Crippen LogP contribution in [0, 0.1) is 5.92 Å². The number of aldehydes is 1. The molecule has 1 N–H and O–H groups in total. The van der Waals surface area contributed by atoms with E-state index in [2.05, 4.69) is 16.8 Å². The fourth-order valence-electron chi connectivity index (χ4n) is 4.18. The number of nitrogens with zero attached hydrogens (tertiary/aromatic N) is 3. The molecule has 0 spiro atoms. The standard InChI is InChI=1S/C24H22ClN3O2.C5H11N/c1-2-3-4-13-27-22(19-7-5-17(16-29)6-8-19)14-23(30)28-15-21(26-24(27)28)18-9-11-20(25)12-10-18;1-6-4-5-2-3-5/h5-12,14-16H,2-4,13H2,1H3;5-6H,2-4H2,1H3. The summed E-state index contributed by atoms with van der Waals surface area (Å²) in [5.74, 6) is 1.65. The first kappa shape index (κ1) is 25.9. The van der Waals surface area contributed by atoms with E-state index in [1.165, 1.54) is 19.4 Å². The number of hydrogen-bond donors (Lipinski definition) is 1. The van der Waals surface area contributed by atoms with Gasteiger partial charge in [0, 0.05) is 35.0 Å². The van der Waals surface area contributed by atoms with Gasteiger partial charge in [-0.3, -0.25) is 14.0 Å². The second kappa shape index (κ2) is 12.2. The first-order valence-corrected chi connectivity index (χ1v) is 13.0. The summed E-state index contributed by atoms with van der Waals surface area (Å²) in [6.07, 6.45) is 8.68. The molecule has 0 radical (unpaired) electrons. The number of benzene rings is 2. The number of imidazole rings is 1. The molecule has 5 rings (SSSR count). The van der Waals surface area contributed by atoms with Gasteiger partial charge in [0.05, 0.1) is 11.4 Å². The number of carbonyl (C=O) groups is 1. The lowest BCUT2D eigenvalue weighted by Gasteiger charge is -2.15. The van der Waals surface area contributed by atoms with Gasteiger partial charge in [-0.05, 0) is 56.5 Å². The Morgan fingerprint density at radius 3 is 2.33 bits per heavy atom. The van der Waals surface area contributed by atoms with Crippen molar-refractivity contribution < 1.29 is 4.79 Å². The molecule has 6 nitrogen and oxygen atoms in total. The molecule has 2 heterocycles. The third kappa shape index (κ3) is 6.31. The number of hydrogen-bond acceptors (Lipinski definition) is 4. The lowest BCUT2D eigenvalue weighted by molar-refractivity contribution is 0.112. The highest BCUT2D eigenvalue weighted by Gasteiger charge is 2.19. The van der Waals surface area contributed by atoms with Gasteiger partial charge in [0.25, 0.3) is 5.56 Å². The van der Waals surface area contributed by atoms with E-state index >= 15 is 0 Å². The van der Waals surface area contributed by atoms with Crippen LogP contribution in [0.25, 0.3) is 28.3 Å². The number of fused-ring (bicyclic) bond motifs is 1. The van der Waals surface area contributed by atoms with Crippen molar-refractivity contribution in [2.75, 3.05) is 13.6 Å². The summed E-state index contributed by atoms with van der Waals surface area (Å²) in [7, 11) is 2.01. The molecule has 0 amide bonds. The van der Waals surface area contributed by atoms with Crippen LogP contribution in [0.3, 0.4) is 0 Å². The predicted molar refractivity (Wildman–Crippen MR) is 147 cm³/mol. The summed E-state index contributed by atoms with van der Waals surface area (Å²) >= 11 is 6.01. The molecule has 1 aliphatic rings. The van der Waals surface area contributed by atoms with E-state index in [0.717, 1.165) is 60.5 Å². The summed E-state index contributed by atoms with van der Waals surface area (Å²) < 4.78 is 3.69. The second-order valence-corrected chi connectivity index (χ2v) is 9.71. The van der Waals surface area contributed by atoms with Crippen molar-refractivity contribution in [3.8, 4) is 22.5 Å². The van der Waals surface area contributed by atoms with Gasteiger partial charge in [-0.2, -0.15) is 0 Å². The number of aromatic nitrogens is 3. The molecule has 1 fully saturated rings. The Labute approximate surface area is 217 Å². The third-order valence-electron chi connectivity index (χ3n) is 6.37. The van der Waals surface area contributed by atoms with Crippen molar-refractivity contribution in [1.82, 2.24) is 19.3 Å². The van der Waals surface area contributed by atoms with Crippen molar-refractivity contribution >= 4 is 23.7 Å². The van der Waals surface area contributed by atoms with Crippen LogP contribution in [0.4, 0.5) is 0 Å². The van der Waals surface area contributed by atoms with E-state index in [1.54, 1.807) is 28.8 Å². The minimum atomic E-state index is -0.140. The van der Waals surface area contributed by atoms with E-state index in [9.17, 15) is 9.59 Å². The molecule has 188 valence electrons. The Morgan fingerprint density at radius 2 is 1.75 bits per heavy atom. The van der Waals surface area contributed by atoms with E-state index in [0.29, 0.717) is 16.4 Å². The zero-order valence-electron chi connectivity index (χ0n) is 20.9. The summed E-state index contributed by atoms with van der Waals surface area (Å²) in [6.45, 7) is 4.15. The van der Waals surface area contributed by atoms with Crippen molar-refractivity contribution in [2.45, 2.75) is 45.6 Å². The van der Waals surface area contributed by atoms with Crippen LogP contribution in [-0.2, 0) is 6.54 Å². The molecule has 1 aliphatic carbocycles. The van der Waals surface area contributed by atoms with Crippen LogP contribution < -0.4 is 10.9 Å². The molecule has 0 saturated heterocycles. The topological polar surface area (TPSA) is 68.4 Å². The number of carbonyl (C=O) groups excluding carboxylic acids is 1. The van der Waals surface area contributed by atoms with Gasteiger partial charge >= 0.3 is 0 Å². The Bertz CT molecular complexity index is 1350. The molecule has 0 aliphatic heterocycles. The third-order valence-corrected chi connectivity index (χ3v) is 6.63. The van der Waals surface area contributed by atoms with E-state index < -0.39 is 0 Å². The maximum atomic E-state index is 12.9. The van der Waals surface area contributed by atoms with Gasteiger partial charge in [-0.15, -0.1) is 0 Å². The highest BCUT2D eigenvalue weighted by Crippen LogP contribution is 2.27. The fourth-order valence-corrected chi connectivity index (χ4v) is 4.30. The lowest BCUT2D eigenvalue weighted by Crippen LogP contribution is -2.18. The molecule has 1 saturated carbocycles. The number of nitrogens with one attached hydrogen (secondary N) is 1. The Hall–Kier alpha value is -3.22. The quantitative estimate of drug-likeness (QED) is 0.221. The molecular weight excluding hydrogens is 472 g/mol. The molecule has 7 heteroatoms. The first-order chi connectivity index (χ1) is 17.5. The average molecular weight is 505 g/mol. The van der Waals surface area contributed by atoms with Crippen LogP contribution in [0.2, 0.25) is 5.02 Å². The Kier molecular flexibility index (Phi) is 8.73. The smallest absolute Gasteiger partial charge is 0.259 e. The zero-order chi connectivity index (χ0) is 25.5. The summed E-state index contributed by atoms with van der Waals surface area (Å²) in [5, 5.41) is 3.78. The summed E-state index contributed by atoms with van der Waals surface area (Å²) in [5.41, 5.74) is 3.77. The van der Waals surface area contributed by atoms with E-state index in [-0.39, 0.29) is 5.56 Å². The molecular formula is C29H33ClN4O2. The van der Waals surface area contributed by atoms with Gasteiger partial charge in [-0.1, -0.05) is 67.8 Å². The average Bonchev–Trinajstić information content (AvgIpc) is 3.60. The number of unbranched alkanes of at least 4 members (excludes halogenated alkanes) is 2. The van der Waals surface area contributed by atoms with Crippen molar-refractivity contribution in [3.05, 3.63) is 81.7 Å². The van der Waals surface area contributed by atoms with E-state index in [4.69, 9.17) is 16.6 Å². The lowest BCUT2D eigenvalue weighted by atomic mass is 10.1. The Balaban J connectivity index is 0.000000445. The molecule has 0 bridgehead atoms. The second-order valence-electron chi connectivity index (χ2n) is 9.27. The van der Waals surface area contributed by atoms with Crippen LogP contribution in [0.1, 0.15) is 49.4 Å². The molecule has 4 aromatic rings. The minimum absolute atomic E-state index is 0.140. The largest absolute Gasteiger partial charge is 0.319 e. The highest BCUT2D eigenvalue weighted by molar-refractivity contribution is 6.30. The predicted octanol–water partition coefficient (Wildman–Crippen LogP) is 6.10. The summed E-state index contributed by atoms with van der Waals surface area (Å²) in [4.78, 5) is 28.7. The number of halogens is 1. The Morgan fingerprint density at radius 1 is 1.06 bits per heavy atom. The molecule has 2 aromatic carbocycles. The highest BCUT2D eigenvalue weighted by atomic mass is 35.5. The normalized spacial score (nSPS) is 12.9. The molecule has 0 unspecified atom stereocenters. The van der Waals surface area contributed by atoms with Crippen LogP contribution in [0.5, 0.6) is 0 Å². The van der Waals surface area contributed by atoms with Crippen molar-refractivity contribution in [2.24, 2.45) is 5.92 Å². The SMILES string of the molecule is CCCCCn1c(-c2ccc(C=O)cc2)cc(=O)n2cc(-c3ccc(Cl)cc3)nc12.CNCC1CC1. The van der Waals surface area contributed by atoms with Gasteiger partial charge in [0.1, 0.15) is 6.29 Å². The van der Waals surface area contributed by atoms with Gasteiger partial charge in [0.2, 0.25) is 5.78 Å². The van der Waals surface area contributed by atoms with Gasteiger partial charge in [0.15, 0.2) is 0 Å². The zero-order valence-corrected chi connectivity index (χ0v) is 21.7. The molecule has 2 aromatic heterocycles. The maximum Gasteiger partial charge on any atom is 0.259 e. The number of rotatable bonds is 9. The van der Waals surface area contributed by atoms with Gasteiger partial charge < -0.3 is 9.88 Å². The molecule has 36 heavy (non-hydrogen) atoms. The van der Waals surface area contributed by atoms with Crippen molar-refractivity contribution in [3.63, 3.8) is 0 Å². The van der Waals surface area contributed by atoms with E-state index in [1.807, 2.05) is 43.4 Å². The summed E-state index contributed by atoms with van der Waals surface area (Å²) in [6, 6.07) is 16.3. The first-order valence-electron chi connectivity index (χ1n) is 12.6. The van der Waals surface area contributed by atoms with Gasteiger partial charge in [-0.25, -0.2) is 4.98 Å². The van der Waals surface area contributed by atoms with Crippen LogP contribution in [0.15, 0.2) is 65.6 Å². The number of aryl methyl sites for hydroxylation is 1. The minimum Gasteiger partial charge on any atom is -0.319 e. The van der Waals surface area contributed by atoms with Crippen LogP contribution >= 0.6 is 11.6 Å². The van der Waals surface area contributed by atoms with Crippen molar-refractivity contribution in [1.29, 1.82) is 0 Å². The molecule has 0 atom stereocenters. The monoisotopic (exact) mass is 504 g/mol.